The van der Waals surface area contributed by atoms with E-state index in [1.165, 1.54) is 0 Å². The first kappa shape index (κ1) is 33.2. The van der Waals surface area contributed by atoms with Gasteiger partial charge in [0.05, 0.1) is 39.6 Å². The Morgan fingerprint density at radius 1 is 0.975 bits per heavy atom. The molecule has 0 saturated heterocycles. The van der Waals surface area contributed by atoms with E-state index in [-0.39, 0.29) is 42.4 Å². The summed E-state index contributed by atoms with van der Waals surface area (Å²) in [6, 6.07) is 13.5. The van der Waals surface area contributed by atoms with Crippen LogP contribution in [0.3, 0.4) is 0 Å². The molecule has 3 rings (SSSR count). The molecular formula is C31H36NNaO7. The predicted octanol–water partition coefficient (Wildman–Crippen LogP) is 1.40. The zero-order valence-corrected chi connectivity index (χ0v) is 25.8. The van der Waals surface area contributed by atoms with Gasteiger partial charge >= 0.3 is 29.6 Å². The van der Waals surface area contributed by atoms with Gasteiger partial charge in [0.15, 0.2) is 11.5 Å². The van der Waals surface area contributed by atoms with Crippen LogP contribution in [-0.2, 0) is 11.2 Å². The summed E-state index contributed by atoms with van der Waals surface area (Å²) in [7, 11) is 4.81. The Labute approximate surface area is 258 Å². The molecule has 0 aliphatic rings. The SMILES string of the molecule is COc1cc(CCCCCOc2nc3ccccc3cc2C(O)CC#CCCCC(=O)[O-])cc(OC)c1OC.[Na+]. The van der Waals surface area contributed by atoms with Crippen LogP contribution in [0.15, 0.2) is 42.5 Å². The fourth-order valence-electron chi connectivity index (χ4n) is 4.21. The molecule has 0 aliphatic heterocycles. The molecule has 3 aromatic rings. The number of aliphatic carboxylic acids is 1. The van der Waals surface area contributed by atoms with Gasteiger partial charge in [0.1, 0.15) is 0 Å². The molecule has 0 bridgehead atoms. The molecule has 1 atom stereocenters. The van der Waals surface area contributed by atoms with Crippen molar-refractivity contribution in [3.05, 3.63) is 53.6 Å². The topological polar surface area (TPSA) is 110 Å². The molecule has 0 fully saturated rings. The molecule has 0 aliphatic carbocycles. The van der Waals surface area contributed by atoms with Gasteiger partial charge in [-0.15, -0.1) is 11.8 Å². The van der Waals surface area contributed by atoms with Crippen molar-refractivity contribution in [2.75, 3.05) is 27.9 Å². The van der Waals surface area contributed by atoms with Crippen molar-refractivity contribution in [1.29, 1.82) is 0 Å². The van der Waals surface area contributed by atoms with Gasteiger partial charge in [-0.2, -0.15) is 0 Å². The molecule has 2 aromatic carbocycles. The molecule has 1 N–H and O–H groups in total. The number of aliphatic hydroxyl groups is 1. The standard InChI is InChI=1S/C31H37NO7.Na/c1-36-27-19-22(20-28(37-2)30(27)38-3)13-7-6-12-18-39-31-24(21-23-14-10-11-15-25(23)32-31)26(33)16-8-4-5-9-17-29(34)35;/h10-11,14-15,19-21,26,33H,5-7,9,12-13,16-18H2,1-3H3,(H,34,35);/q;+1/p-1. The Balaban J connectivity index is 0.00000560. The van der Waals surface area contributed by atoms with Crippen LogP contribution in [0.25, 0.3) is 10.9 Å². The summed E-state index contributed by atoms with van der Waals surface area (Å²) in [5.74, 6) is 7.04. The van der Waals surface area contributed by atoms with Crippen LogP contribution in [0.4, 0.5) is 0 Å². The van der Waals surface area contributed by atoms with Crippen LogP contribution in [0.5, 0.6) is 23.1 Å². The van der Waals surface area contributed by atoms with E-state index < -0.39 is 12.1 Å². The van der Waals surface area contributed by atoms with E-state index in [0.717, 1.165) is 42.1 Å². The molecule has 0 spiro atoms. The number of aliphatic hydroxyl groups excluding tert-OH is 1. The minimum Gasteiger partial charge on any atom is -0.550 e. The number of carboxylic acids is 1. The number of carboxylic acid groups (broad SMARTS) is 1. The molecule has 1 heterocycles. The first-order valence-electron chi connectivity index (χ1n) is 13.1. The molecule has 0 radical (unpaired) electrons. The number of unbranched alkanes of at least 4 members (excludes halogenated alkanes) is 3. The fourth-order valence-corrected chi connectivity index (χ4v) is 4.21. The Morgan fingerprint density at radius 3 is 2.38 bits per heavy atom. The van der Waals surface area contributed by atoms with Crippen LogP contribution in [-0.4, -0.2) is 44.0 Å². The van der Waals surface area contributed by atoms with Gasteiger partial charge in [-0.3, -0.25) is 0 Å². The van der Waals surface area contributed by atoms with E-state index in [4.69, 9.17) is 18.9 Å². The number of carbonyl (C=O) groups is 1. The molecule has 8 nitrogen and oxygen atoms in total. The van der Waals surface area contributed by atoms with Gasteiger partial charge in [-0.1, -0.05) is 18.2 Å². The number of para-hydroxylation sites is 1. The summed E-state index contributed by atoms with van der Waals surface area (Å²) in [5.41, 5.74) is 2.49. The number of rotatable bonds is 15. The maximum absolute atomic E-state index is 10.8. The number of fused-ring (bicyclic) bond motifs is 1. The van der Waals surface area contributed by atoms with Crippen molar-refractivity contribution < 1.29 is 63.5 Å². The summed E-state index contributed by atoms with van der Waals surface area (Å²) in [6.45, 7) is 0.467. The largest absolute Gasteiger partial charge is 1.00 e. The quantitative estimate of drug-likeness (QED) is 0.170. The van der Waals surface area contributed by atoms with Crippen LogP contribution in [0.2, 0.25) is 0 Å². The first-order chi connectivity index (χ1) is 19.0. The van der Waals surface area contributed by atoms with Crippen LogP contribution >= 0.6 is 0 Å². The van der Waals surface area contributed by atoms with E-state index in [1.54, 1.807) is 21.3 Å². The number of hydrogen-bond acceptors (Lipinski definition) is 8. The summed E-state index contributed by atoms with van der Waals surface area (Å²) in [4.78, 5) is 15.2. The average molecular weight is 558 g/mol. The van der Waals surface area contributed by atoms with Crippen molar-refractivity contribution in [3.8, 4) is 35.0 Å². The van der Waals surface area contributed by atoms with Gasteiger partial charge in [0, 0.05) is 29.8 Å². The predicted molar refractivity (Wildman–Crippen MR) is 147 cm³/mol. The van der Waals surface area contributed by atoms with E-state index in [0.29, 0.717) is 48.1 Å². The monoisotopic (exact) mass is 557 g/mol. The second-order valence-corrected chi connectivity index (χ2v) is 9.07. The van der Waals surface area contributed by atoms with Gasteiger partial charge in [0.25, 0.3) is 0 Å². The third kappa shape index (κ3) is 9.90. The van der Waals surface area contributed by atoms with Crippen molar-refractivity contribution in [2.45, 2.75) is 57.5 Å². The van der Waals surface area contributed by atoms with E-state index in [9.17, 15) is 15.0 Å². The maximum atomic E-state index is 10.8. The molecular weight excluding hydrogens is 521 g/mol. The number of nitrogens with zero attached hydrogens (tertiary/aromatic N) is 1. The first-order valence-corrected chi connectivity index (χ1v) is 13.1. The smallest absolute Gasteiger partial charge is 0.550 e. The average Bonchev–Trinajstić information content (AvgIpc) is 2.95. The third-order valence-electron chi connectivity index (χ3n) is 6.25. The second-order valence-electron chi connectivity index (χ2n) is 9.07. The molecule has 9 heteroatoms. The fraction of sp³-hybridized carbons (Fsp3) is 0.419. The van der Waals surface area contributed by atoms with E-state index in [2.05, 4.69) is 16.8 Å². The number of aryl methyl sites for hydroxylation is 1. The van der Waals surface area contributed by atoms with Crippen LogP contribution in [0, 0.1) is 11.8 Å². The van der Waals surface area contributed by atoms with Gasteiger partial charge in [0.2, 0.25) is 11.6 Å². The minimum atomic E-state index is -1.08. The Hall–Kier alpha value is -2.96. The van der Waals surface area contributed by atoms with E-state index in [1.807, 2.05) is 42.5 Å². The number of carbonyl (C=O) groups excluding carboxylic acids is 1. The molecule has 0 amide bonds. The molecule has 1 aromatic heterocycles. The molecule has 208 valence electrons. The van der Waals surface area contributed by atoms with Crippen molar-refractivity contribution in [1.82, 2.24) is 4.98 Å². The summed E-state index contributed by atoms with van der Waals surface area (Å²) in [6.07, 6.45) is 3.76. The van der Waals surface area contributed by atoms with Crippen molar-refractivity contribution >= 4 is 16.9 Å². The van der Waals surface area contributed by atoms with Gasteiger partial charge in [-0.05, 0) is 68.4 Å². The molecule has 40 heavy (non-hydrogen) atoms. The van der Waals surface area contributed by atoms with Gasteiger partial charge in [-0.25, -0.2) is 4.98 Å². The zero-order chi connectivity index (χ0) is 28.0. The zero-order valence-electron chi connectivity index (χ0n) is 23.8. The van der Waals surface area contributed by atoms with Crippen LogP contribution < -0.4 is 53.6 Å². The second kappa shape index (κ2) is 17.7. The summed E-state index contributed by atoms with van der Waals surface area (Å²) < 4.78 is 22.3. The number of hydrogen-bond donors (Lipinski definition) is 1. The molecule has 1 unspecified atom stereocenters. The number of benzene rings is 2. The van der Waals surface area contributed by atoms with Crippen LogP contribution in [0.1, 0.15) is 62.2 Å². The van der Waals surface area contributed by atoms with Crippen molar-refractivity contribution in [3.63, 3.8) is 0 Å². The third-order valence-corrected chi connectivity index (χ3v) is 6.25. The van der Waals surface area contributed by atoms with Gasteiger partial charge < -0.3 is 34.0 Å². The normalized spacial score (nSPS) is 11.1. The molecule has 0 saturated carbocycles. The Morgan fingerprint density at radius 2 is 1.70 bits per heavy atom. The number of aromatic nitrogens is 1. The van der Waals surface area contributed by atoms with E-state index >= 15 is 0 Å². The number of ether oxygens (including phenoxy) is 4. The summed E-state index contributed by atoms with van der Waals surface area (Å²) >= 11 is 0. The number of methoxy groups -OCH3 is 3. The van der Waals surface area contributed by atoms with Crippen molar-refractivity contribution in [2.24, 2.45) is 0 Å². The summed E-state index contributed by atoms with van der Waals surface area (Å²) in [5, 5.41) is 22.3. The minimum absolute atomic E-state index is 0. The number of pyridine rings is 1. The Bertz CT molecular complexity index is 1280. The Kier molecular flexibility index (Phi) is 14.7. The maximum Gasteiger partial charge on any atom is 1.00 e.